The van der Waals surface area contributed by atoms with E-state index in [1.807, 2.05) is 30.3 Å². The van der Waals surface area contributed by atoms with Crippen LogP contribution in [0.2, 0.25) is 0 Å². The van der Waals surface area contributed by atoms with Crippen molar-refractivity contribution in [2.45, 2.75) is 19.1 Å². The molecule has 0 saturated carbocycles. The Morgan fingerprint density at radius 1 is 1.37 bits per heavy atom. The third kappa shape index (κ3) is 4.21. The third-order valence-electron chi connectivity index (χ3n) is 3.04. The summed E-state index contributed by atoms with van der Waals surface area (Å²) in [5, 5.41) is 0. The second-order valence-corrected chi connectivity index (χ2v) is 4.46. The van der Waals surface area contributed by atoms with Crippen molar-refractivity contribution in [3.05, 3.63) is 35.9 Å². The zero-order valence-corrected chi connectivity index (χ0v) is 10.8. The SMILES string of the molecule is O=C(OCc1ccccc1)N1CCC(OCCF)C1. The Bertz CT molecular complexity index is 399. The highest BCUT2D eigenvalue weighted by molar-refractivity contribution is 5.68. The van der Waals surface area contributed by atoms with Crippen molar-refractivity contribution in [2.75, 3.05) is 26.4 Å². The van der Waals surface area contributed by atoms with E-state index in [1.54, 1.807) is 4.90 Å². The standard InChI is InChI=1S/C14H18FNO3/c15-7-9-18-13-6-8-16(10-13)14(17)19-11-12-4-2-1-3-5-12/h1-5,13H,6-11H2. The van der Waals surface area contributed by atoms with Crippen LogP contribution in [0.3, 0.4) is 0 Å². The van der Waals surface area contributed by atoms with Crippen molar-refractivity contribution in [3.8, 4) is 0 Å². The van der Waals surface area contributed by atoms with E-state index in [1.165, 1.54) is 0 Å². The van der Waals surface area contributed by atoms with Gasteiger partial charge in [-0.3, -0.25) is 0 Å². The number of nitrogens with zero attached hydrogens (tertiary/aromatic N) is 1. The molecule has 1 aliphatic rings. The van der Waals surface area contributed by atoms with Gasteiger partial charge in [0.15, 0.2) is 0 Å². The molecule has 0 N–H and O–H groups in total. The van der Waals surface area contributed by atoms with Gasteiger partial charge in [-0.05, 0) is 12.0 Å². The van der Waals surface area contributed by atoms with Crippen LogP contribution in [-0.2, 0) is 16.1 Å². The number of hydrogen-bond acceptors (Lipinski definition) is 3. The number of benzene rings is 1. The smallest absolute Gasteiger partial charge is 0.410 e. The topological polar surface area (TPSA) is 38.8 Å². The van der Waals surface area contributed by atoms with Crippen LogP contribution < -0.4 is 0 Å². The molecule has 0 spiro atoms. The lowest BCUT2D eigenvalue weighted by Gasteiger charge is -2.16. The van der Waals surface area contributed by atoms with Crippen molar-refractivity contribution in [1.29, 1.82) is 0 Å². The lowest BCUT2D eigenvalue weighted by molar-refractivity contribution is 0.0464. The summed E-state index contributed by atoms with van der Waals surface area (Å²) in [6.07, 6.45) is 0.329. The maximum absolute atomic E-state index is 12.0. The van der Waals surface area contributed by atoms with E-state index in [4.69, 9.17) is 9.47 Å². The molecule has 5 heteroatoms. The van der Waals surface area contributed by atoms with Gasteiger partial charge in [-0.1, -0.05) is 30.3 Å². The summed E-state index contributed by atoms with van der Waals surface area (Å²) >= 11 is 0. The zero-order chi connectivity index (χ0) is 13.5. The summed E-state index contributed by atoms with van der Waals surface area (Å²) in [5.41, 5.74) is 0.959. The van der Waals surface area contributed by atoms with Crippen LogP contribution in [0.25, 0.3) is 0 Å². The van der Waals surface area contributed by atoms with Crippen molar-refractivity contribution in [1.82, 2.24) is 4.90 Å². The summed E-state index contributed by atoms with van der Waals surface area (Å²) in [4.78, 5) is 13.4. The molecular formula is C14H18FNO3. The van der Waals surface area contributed by atoms with Crippen molar-refractivity contribution >= 4 is 6.09 Å². The molecule has 1 unspecified atom stereocenters. The van der Waals surface area contributed by atoms with E-state index in [0.29, 0.717) is 13.1 Å². The molecule has 1 fully saturated rings. The van der Waals surface area contributed by atoms with Gasteiger partial charge in [0, 0.05) is 6.54 Å². The minimum Gasteiger partial charge on any atom is -0.445 e. The Morgan fingerprint density at radius 3 is 2.89 bits per heavy atom. The molecule has 1 aliphatic heterocycles. The zero-order valence-electron chi connectivity index (χ0n) is 10.8. The fourth-order valence-electron chi connectivity index (χ4n) is 2.05. The first kappa shape index (κ1) is 13.8. The van der Waals surface area contributed by atoms with Crippen LogP contribution in [0.5, 0.6) is 0 Å². The van der Waals surface area contributed by atoms with Gasteiger partial charge in [-0.15, -0.1) is 0 Å². The largest absolute Gasteiger partial charge is 0.445 e. The van der Waals surface area contributed by atoms with Crippen molar-refractivity contribution < 1.29 is 18.7 Å². The second-order valence-electron chi connectivity index (χ2n) is 4.46. The first-order valence-corrected chi connectivity index (χ1v) is 6.43. The van der Waals surface area contributed by atoms with Gasteiger partial charge in [0.2, 0.25) is 0 Å². The molecule has 1 amide bonds. The molecule has 19 heavy (non-hydrogen) atoms. The van der Waals surface area contributed by atoms with E-state index < -0.39 is 6.67 Å². The first-order valence-electron chi connectivity index (χ1n) is 6.43. The molecule has 1 saturated heterocycles. The number of alkyl halides is 1. The van der Waals surface area contributed by atoms with E-state index in [2.05, 4.69) is 0 Å². The van der Waals surface area contributed by atoms with Crippen LogP contribution >= 0.6 is 0 Å². The molecule has 2 rings (SSSR count). The van der Waals surface area contributed by atoms with Crippen LogP contribution in [0.4, 0.5) is 9.18 Å². The summed E-state index contributed by atoms with van der Waals surface area (Å²) in [5.74, 6) is 0. The molecular weight excluding hydrogens is 249 g/mol. The van der Waals surface area contributed by atoms with Gasteiger partial charge >= 0.3 is 6.09 Å². The molecule has 0 aliphatic carbocycles. The maximum Gasteiger partial charge on any atom is 0.410 e. The highest BCUT2D eigenvalue weighted by Crippen LogP contribution is 2.14. The minimum atomic E-state index is -0.491. The third-order valence-corrected chi connectivity index (χ3v) is 3.04. The molecule has 104 valence electrons. The minimum absolute atomic E-state index is 0.0694. The summed E-state index contributed by atoms with van der Waals surface area (Å²) < 4.78 is 22.5. The number of hydrogen-bond donors (Lipinski definition) is 0. The summed E-state index contributed by atoms with van der Waals surface area (Å²) in [7, 11) is 0. The quantitative estimate of drug-likeness (QED) is 0.822. The van der Waals surface area contributed by atoms with E-state index in [9.17, 15) is 9.18 Å². The monoisotopic (exact) mass is 267 g/mol. The molecule has 0 bridgehead atoms. The number of rotatable bonds is 5. The van der Waals surface area contributed by atoms with Crippen LogP contribution in [0.15, 0.2) is 30.3 Å². The molecule has 0 radical (unpaired) electrons. The summed E-state index contributed by atoms with van der Waals surface area (Å²) in [6.45, 7) is 0.955. The number of halogens is 1. The first-order chi connectivity index (χ1) is 9.29. The number of amides is 1. The predicted molar refractivity (Wildman–Crippen MR) is 68.5 cm³/mol. The highest BCUT2D eigenvalue weighted by Gasteiger charge is 2.27. The number of carbonyl (C=O) groups is 1. The number of likely N-dealkylation sites (tertiary alicyclic amines) is 1. The summed E-state index contributed by atoms with van der Waals surface area (Å²) in [6, 6.07) is 9.53. The van der Waals surface area contributed by atoms with Crippen LogP contribution in [-0.4, -0.2) is 43.5 Å². The van der Waals surface area contributed by atoms with Gasteiger partial charge in [-0.25, -0.2) is 9.18 Å². The Hall–Kier alpha value is -1.62. The molecule has 4 nitrogen and oxygen atoms in total. The average Bonchev–Trinajstić information content (AvgIpc) is 2.92. The maximum atomic E-state index is 12.0. The van der Waals surface area contributed by atoms with Gasteiger partial charge in [0.25, 0.3) is 0 Å². The molecule has 1 aromatic carbocycles. The van der Waals surface area contributed by atoms with E-state index >= 15 is 0 Å². The lowest BCUT2D eigenvalue weighted by Crippen LogP contribution is -2.30. The van der Waals surface area contributed by atoms with Gasteiger partial charge in [0.1, 0.15) is 13.3 Å². The molecule has 1 atom stereocenters. The second kappa shape index (κ2) is 7.09. The fraction of sp³-hybridized carbons (Fsp3) is 0.500. The van der Waals surface area contributed by atoms with Crippen LogP contribution in [0, 0.1) is 0 Å². The van der Waals surface area contributed by atoms with Gasteiger partial charge in [0.05, 0.1) is 19.3 Å². The van der Waals surface area contributed by atoms with E-state index in [0.717, 1.165) is 12.0 Å². The van der Waals surface area contributed by atoms with Crippen molar-refractivity contribution in [3.63, 3.8) is 0 Å². The molecule has 1 heterocycles. The fourth-order valence-corrected chi connectivity index (χ4v) is 2.05. The van der Waals surface area contributed by atoms with Gasteiger partial charge < -0.3 is 14.4 Å². The Morgan fingerprint density at radius 2 is 2.16 bits per heavy atom. The Balaban J connectivity index is 1.72. The molecule has 0 aromatic heterocycles. The van der Waals surface area contributed by atoms with Crippen LogP contribution in [0.1, 0.15) is 12.0 Å². The van der Waals surface area contributed by atoms with E-state index in [-0.39, 0.29) is 25.4 Å². The molecule has 1 aromatic rings. The lowest BCUT2D eigenvalue weighted by atomic mass is 10.2. The predicted octanol–water partition coefficient (Wildman–Crippen LogP) is 2.38. The van der Waals surface area contributed by atoms with Gasteiger partial charge in [-0.2, -0.15) is 0 Å². The average molecular weight is 267 g/mol. The highest BCUT2D eigenvalue weighted by atomic mass is 19.1. The normalized spacial score (nSPS) is 18.6. The Kier molecular flexibility index (Phi) is 5.15. The number of carbonyl (C=O) groups excluding carboxylic acids is 1. The number of ether oxygens (including phenoxy) is 2. The van der Waals surface area contributed by atoms with Crippen molar-refractivity contribution in [2.24, 2.45) is 0 Å². The Labute approximate surface area is 112 Å².